The smallest absolute Gasteiger partial charge is 0.305 e. The highest BCUT2D eigenvalue weighted by Gasteiger charge is 2.47. The lowest BCUT2D eigenvalue weighted by Gasteiger charge is -2.38. The zero-order valence-electron chi connectivity index (χ0n) is 74.0. The molecule has 0 aliphatic carbocycles. The Morgan fingerprint density at radius 3 is 1.56 bits per heavy atom. The second kappa shape index (κ2) is 47.7. The number of carboxylic acid groups (broad SMARTS) is 2. The van der Waals surface area contributed by atoms with Gasteiger partial charge in [-0.05, 0) is 109 Å². The van der Waals surface area contributed by atoms with Crippen molar-refractivity contribution in [3.63, 3.8) is 0 Å². The Morgan fingerprint density at radius 1 is 0.500 bits per heavy atom. The number of aromatic hydroxyl groups is 1. The average Bonchev–Trinajstić information content (AvgIpc) is 1.61. The number of nitrogens with two attached hydrogens (primary N) is 1. The molecule has 15 N–H and O–H groups in total. The Kier molecular flexibility index (Phi) is 36.8. The number of aromatic nitrogens is 1. The van der Waals surface area contributed by atoms with Crippen LogP contribution in [0.2, 0.25) is 0 Å². The molecular formula is C92H117FN16O20S. The Labute approximate surface area is 756 Å². The number of rotatable bonds is 23. The number of fused-ring (bicyclic) bond motifs is 3. The summed E-state index contributed by atoms with van der Waals surface area (Å²) in [5.74, 6) is -20.4. The Morgan fingerprint density at radius 2 is 0.985 bits per heavy atom. The number of aromatic amines is 1. The van der Waals surface area contributed by atoms with Crippen molar-refractivity contribution in [2.24, 2.45) is 17.6 Å². The third-order valence-corrected chi connectivity index (χ3v) is 24.3. The SMILES string of the molecule is CCCC[C@H]1C(=O)N2CCC[C@@H]2C(=O)N[C@@H](CC(=O)O)C(=O)N[C@@H](C(C)C)C(=O)N(C)[C@H](Cc2ccccc2)C(=O)N[C@@H](CC(=O)O)C(=O)N2CCC[C@@H]2C(=O)N[C@@H](Cc2c[nH]c3ccccc23)C(=O)N[C@@H](Cc2ccc(O)cc2)C(=O)N[C@H](CC(C)C)C(=O)N[C@H](C(=O)NCC(N)=O)CSCC(=O)N[C@H](Cc2ccc(F)cc2)C(=O)N(C)[C@@H](Cc2ccccc2)C(=O)N1C. The van der Waals surface area contributed by atoms with Crippen LogP contribution >= 0.6 is 11.8 Å². The second-order valence-electron chi connectivity index (χ2n) is 33.8. The lowest BCUT2D eigenvalue weighted by molar-refractivity contribution is -0.152. The number of carbonyl (C=O) groups is 17. The van der Waals surface area contributed by atoms with Gasteiger partial charge in [0, 0.05) is 89.2 Å². The van der Waals surface area contributed by atoms with Gasteiger partial charge in [-0.2, -0.15) is 0 Å². The number of primary amides is 1. The fourth-order valence-electron chi connectivity index (χ4n) is 16.2. The highest BCUT2D eigenvalue weighted by molar-refractivity contribution is 8.00. The van der Waals surface area contributed by atoms with E-state index in [4.69, 9.17) is 5.73 Å². The van der Waals surface area contributed by atoms with E-state index >= 15 is 43.2 Å². The van der Waals surface area contributed by atoms with Gasteiger partial charge >= 0.3 is 11.9 Å². The van der Waals surface area contributed by atoms with E-state index in [1.165, 1.54) is 81.2 Å². The van der Waals surface area contributed by atoms with E-state index < -0.39 is 228 Å². The van der Waals surface area contributed by atoms with Gasteiger partial charge in [0.1, 0.15) is 90.1 Å². The monoisotopic (exact) mass is 1820 g/mol. The number of nitrogens with one attached hydrogen (secondary N) is 10. The first-order valence-corrected chi connectivity index (χ1v) is 44.6. The second-order valence-corrected chi connectivity index (χ2v) is 34.8. The minimum Gasteiger partial charge on any atom is -0.508 e. The molecule has 3 aliphatic heterocycles. The molecule has 0 unspecified atom stereocenters. The molecule has 15 amide bonds. The topological polar surface area (TPSA) is 517 Å². The number of phenolic OH excluding ortho intramolecular Hbond substituents is 1. The van der Waals surface area contributed by atoms with Gasteiger partial charge in [-0.1, -0.05) is 151 Å². The zero-order valence-corrected chi connectivity index (χ0v) is 74.8. The van der Waals surface area contributed by atoms with E-state index in [-0.39, 0.29) is 89.5 Å². The standard InChI is InChI=1S/C92H117FN16O20S/c1-9-10-27-72-91(128)109-39-20-29-71(109)86(123)101-66(46-77(113)114)84(121)104-79(53(4)5)92(129)106(7)73(43-54-21-13-11-14-22-54)87(124)102-68(47-78(115)116)89(126)108-38-19-28-70(108)85(122)100-65(45-58-48-95-62-26-18-17-25-61(58)62)83(120)99-64(41-57-32-36-60(110)37-33-57)82(119)98-63(40-52(2)3)81(118)103-69(80(117)96-49-75(94)111)50-130-51-76(112)97-67(42-56-30-34-59(93)35-31-56)88(125)107(8)74(90(127)105(72)6)44-55-23-15-12-16-24-55/h11-18,21-26,30-37,48,52-53,63-74,79,95,110H,9-10,19-20,27-29,38-47,49-51H2,1-8H3,(H2,94,111)(H,96,117)(H,97,112)(H,98,119)(H,99,120)(H,100,122)(H,101,123)(H,102,124)(H,103,118)(H,104,121)(H,113,114)(H,115,116)/t63-,64+,65+,66+,67-,68+,69+,70-,71-,72+,73-,74+,79+/m1/s1. The number of hydrogen-bond donors (Lipinski definition) is 14. The minimum absolute atomic E-state index is 0.0112. The molecule has 13 atom stereocenters. The molecule has 4 heterocycles. The van der Waals surface area contributed by atoms with Crippen molar-refractivity contribution >= 4 is 123 Å². The number of aliphatic carboxylic acids is 2. The van der Waals surface area contributed by atoms with Gasteiger partial charge in [0.25, 0.3) is 0 Å². The van der Waals surface area contributed by atoms with E-state index in [0.717, 1.165) is 38.6 Å². The number of phenols is 1. The molecule has 6 aromatic rings. The highest BCUT2D eigenvalue weighted by atomic mass is 32.2. The van der Waals surface area contributed by atoms with Gasteiger partial charge in [0.15, 0.2) is 0 Å². The molecule has 36 nitrogen and oxygen atoms in total. The quantitative estimate of drug-likeness (QED) is 0.0436. The van der Waals surface area contributed by atoms with E-state index in [1.54, 1.807) is 105 Å². The normalized spacial score (nSPS) is 23.8. The number of amides is 15. The van der Waals surface area contributed by atoms with E-state index in [1.807, 2.05) is 6.92 Å². The summed E-state index contributed by atoms with van der Waals surface area (Å²) in [7, 11) is 3.90. The van der Waals surface area contributed by atoms with Crippen LogP contribution in [-0.4, -0.2) is 276 Å². The fraction of sp³-hybridized carbons (Fsp3) is 0.467. The fourth-order valence-corrected chi connectivity index (χ4v) is 17.1. The molecule has 1 aromatic heterocycles. The van der Waals surface area contributed by atoms with Crippen molar-refractivity contribution in [2.75, 3.05) is 52.3 Å². The maximum Gasteiger partial charge on any atom is 0.305 e. The van der Waals surface area contributed by atoms with Crippen molar-refractivity contribution < 1.29 is 101 Å². The number of carboxylic acids is 2. The Bertz CT molecular complexity index is 5050. The number of H-pyrrole nitrogens is 1. The predicted molar refractivity (Wildman–Crippen MR) is 477 cm³/mol. The number of carbonyl (C=O) groups excluding carboxylic acids is 15. The highest BCUT2D eigenvalue weighted by Crippen LogP contribution is 2.28. The van der Waals surface area contributed by atoms with E-state index in [0.29, 0.717) is 51.6 Å². The third kappa shape index (κ3) is 28.1. The first kappa shape index (κ1) is 100. The lowest BCUT2D eigenvalue weighted by Crippen LogP contribution is -2.62. The van der Waals surface area contributed by atoms with Crippen LogP contribution < -0.4 is 53.6 Å². The van der Waals surface area contributed by atoms with Gasteiger partial charge in [-0.25, -0.2) is 4.39 Å². The first-order chi connectivity index (χ1) is 61.9. The van der Waals surface area contributed by atoms with Crippen LogP contribution in [0.4, 0.5) is 4.39 Å². The number of thioether (sulfide) groups is 1. The number of likely N-dealkylation sites (N-methyl/N-ethyl adjacent to an activating group) is 3. The van der Waals surface area contributed by atoms with Crippen molar-refractivity contribution in [1.29, 1.82) is 0 Å². The molecule has 3 saturated heterocycles. The Balaban J connectivity index is 1.12. The molecule has 0 saturated carbocycles. The number of para-hydroxylation sites is 1. The van der Waals surface area contributed by atoms with Crippen molar-refractivity contribution in [2.45, 2.75) is 209 Å². The number of nitrogens with zero attached hydrogens (tertiary/aromatic N) is 5. The Hall–Kier alpha value is -13.3. The van der Waals surface area contributed by atoms with Crippen LogP contribution in [0.25, 0.3) is 10.9 Å². The molecule has 9 rings (SSSR count). The molecular weight excluding hydrogens is 1700 g/mol. The van der Waals surface area contributed by atoms with Crippen LogP contribution in [-0.2, 0) is 114 Å². The molecule has 3 fully saturated rings. The summed E-state index contributed by atoms with van der Waals surface area (Å²) < 4.78 is 14.6. The van der Waals surface area contributed by atoms with Gasteiger partial charge < -0.3 is 98.4 Å². The van der Waals surface area contributed by atoms with Crippen molar-refractivity contribution in [3.05, 3.63) is 173 Å². The van der Waals surface area contributed by atoms with E-state index in [2.05, 4.69) is 52.8 Å². The van der Waals surface area contributed by atoms with Gasteiger partial charge in [-0.3, -0.25) is 81.5 Å². The minimum atomic E-state index is -1.95. The largest absolute Gasteiger partial charge is 0.508 e. The van der Waals surface area contributed by atoms with Crippen LogP contribution in [0.5, 0.6) is 5.75 Å². The number of benzene rings is 5. The molecule has 130 heavy (non-hydrogen) atoms. The molecule has 0 radical (unpaired) electrons. The molecule has 0 spiro atoms. The molecule has 3 aliphatic rings. The summed E-state index contributed by atoms with van der Waals surface area (Å²) in [5.41, 5.74) is 8.30. The predicted octanol–water partition coefficient (Wildman–Crippen LogP) is 2.06. The summed E-state index contributed by atoms with van der Waals surface area (Å²) in [5, 5.41) is 55.5. The number of unbranched alkanes of at least 4 members (excludes halogenated alkanes) is 1. The molecule has 698 valence electrons. The average molecular weight is 1820 g/mol. The summed E-state index contributed by atoms with van der Waals surface area (Å²) in [4.78, 5) is 258. The number of hydrogen-bond acceptors (Lipinski definition) is 19. The maximum atomic E-state index is 15.7. The molecule has 38 heteroatoms. The van der Waals surface area contributed by atoms with Crippen LogP contribution in [0.3, 0.4) is 0 Å². The lowest BCUT2D eigenvalue weighted by atomic mass is 9.98. The number of halogens is 1. The van der Waals surface area contributed by atoms with Crippen LogP contribution in [0.15, 0.2) is 140 Å². The molecule has 0 bridgehead atoms. The van der Waals surface area contributed by atoms with Crippen molar-refractivity contribution in [1.82, 2.24) is 77.3 Å². The molecule has 5 aromatic carbocycles. The first-order valence-electron chi connectivity index (χ1n) is 43.5. The van der Waals surface area contributed by atoms with Gasteiger partial charge in [-0.15, -0.1) is 11.8 Å². The summed E-state index contributed by atoms with van der Waals surface area (Å²) in [6.07, 6.45) is -0.909. The van der Waals surface area contributed by atoms with Crippen LogP contribution in [0, 0.1) is 17.7 Å². The third-order valence-electron chi connectivity index (χ3n) is 23.3. The summed E-state index contributed by atoms with van der Waals surface area (Å²) in [6, 6.07) is 13.7. The van der Waals surface area contributed by atoms with Gasteiger partial charge in [0.05, 0.1) is 25.1 Å². The zero-order chi connectivity index (χ0) is 94.7. The summed E-state index contributed by atoms with van der Waals surface area (Å²) in [6.45, 7) is 7.40. The maximum absolute atomic E-state index is 15.7. The van der Waals surface area contributed by atoms with Crippen molar-refractivity contribution in [3.8, 4) is 5.75 Å². The van der Waals surface area contributed by atoms with Crippen LogP contribution in [0.1, 0.15) is 127 Å². The van der Waals surface area contributed by atoms with Gasteiger partial charge in [0.2, 0.25) is 88.6 Å². The van der Waals surface area contributed by atoms with E-state index in [9.17, 15) is 58.1 Å². The summed E-state index contributed by atoms with van der Waals surface area (Å²) >= 11 is 0.780.